The van der Waals surface area contributed by atoms with Crippen LogP contribution in [0.2, 0.25) is 0 Å². The number of carbonyl (C=O) groups is 1. The van der Waals surface area contributed by atoms with E-state index in [2.05, 4.69) is 0 Å². The summed E-state index contributed by atoms with van der Waals surface area (Å²) in [5, 5.41) is 12.7. The molecule has 1 amide bonds. The maximum Gasteiger partial charge on any atom is 0.257 e. The molecule has 0 bridgehead atoms. The fourth-order valence-electron chi connectivity index (χ4n) is 2.53. The van der Waals surface area contributed by atoms with Crippen LogP contribution in [-0.2, 0) is 10.3 Å². The fraction of sp³-hybridized carbons (Fsp3) is 0.462. The summed E-state index contributed by atoms with van der Waals surface area (Å²) >= 11 is 0. The Morgan fingerprint density at radius 3 is 2.56 bits per heavy atom. The van der Waals surface area contributed by atoms with Crippen molar-refractivity contribution >= 4 is 5.91 Å². The minimum Gasteiger partial charge on any atom is -0.785 e. The molecular weight excluding hydrogens is 235 g/mol. The first-order valence-electron chi connectivity index (χ1n) is 5.83. The highest BCUT2D eigenvalue weighted by Crippen LogP contribution is 2.37. The standard InChI is InChI=1S/C13H16FN2O2/c1-15-9-13(16(2)18,8-11(14)12(15)17)10-6-4-3-5-7-10/h3-7,11H,8-9H2,1-2H3/q-1. The number of hydrogen-bond acceptors (Lipinski definition) is 3. The molecule has 18 heavy (non-hydrogen) atoms. The van der Waals surface area contributed by atoms with Gasteiger partial charge in [-0.15, -0.1) is 0 Å². The van der Waals surface area contributed by atoms with Crippen LogP contribution < -0.4 is 0 Å². The largest absolute Gasteiger partial charge is 0.785 e. The lowest BCUT2D eigenvalue weighted by Gasteiger charge is -2.51. The third kappa shape index (κ3) is 2.00. The summed E-state index contributed by atoms with van der Waals surface area (Å²) in [5.74, 6) is -0.552. The molecule has 2 unspecified atom stereocenters. The molecule has 1 aromatic carbocycles. The van der Waals surface area contributed by atoms with E-state index in [4.69, 9.17) is 0 Å². The monoisotopic (exact) mass is 251 g/mol. The number of carbonyl (C=O) groups excluding carboxylic acids is 1. The summed E-state index contributed by atoms with van der Waals surface area (Å²) < 4.78 is 13.8. The number of amides is 1. The lowest BCUT2D eigenvalue weighted by molar-refractivity contribution is -0.144. The van der Waals surface area contributed by atoms with Crippen molar-refractivity contribution in [3.8, 4) is 0 Å². The molecular formula is C13H16FN2O2-. The van der Waals surface area contributed by atoms with Crippen LogP contribution in [0.1, 0.15) is 12.0 Å². The van der Waals surface area contributed by atoms with E-state index in [9.17, 15) is 14.4 Å². The topological polar surface area (TPSA) is 46.6 Å². The Hall–Kier alpha value is -1.46. The Morgan fingerprint density at radius 1 is 1.44 bits per heavy atom. The van der Waals surface area contributed by atoms with E-state index in [1.54, 1.807) is 12.1 Å². The molecule has 0 radical (unpaired) electrons. The minimum atomic E-state index is -1.62. The van der Waals surface area contributed by atoms with Gasteiger partial charge in [-0.1, -0.05) is 30.3 Å². The zero-order valence-electron chi connectivity index (χ0n) is 10.5. The number of piperidine rings is 1. The number of likely N-dealkylation sites (tertiary alicyclic amines) is 1. The summed E-state index contributed by atoms with van der Waals surface area (Å²) in [6.45, 7) is 0.205. The molecule has 0 aliphatic carbocycles. The Kier molecular flexibility index (Phi) is 3.36. The van der Waals surface area contributed by atoms with Gasteiger partial charge in [0.2, 0.25) is 0 Å². The molecule has 2 rings (SSSR count). The molecule has 1 aliphatic rings. The highest BCUT2D eigenvalue weighted by Gasteiger charge is 2.44. The number of rotatable bonds is 2. The van der Waals surface area contributed by atoms with Crippen molar-refractivity contribution in [3.05, 3.63) is 41.1 Å². The summed E-state index contributed by atoms with van der Waals surface area (Å²) in [5.41, 5.74) is -0.256. The second-order valence-electron chi connectivity index (χ2n) is 4.76. The van der Waals surface area contributed by atoms with Gasteiger partial charge in [0.1, 0.15) is 0 Å². The summed E-state index contributed by atoms with van der Waals surface area (Å²) in [7, 11) is 2.90. The molecule has 2 atom stereocenters. The van der Waals surface area contributed by atoms with Gasteiger partial charge in [-0.05, 0) is 12.6 Å². The van der Waals surface area contributed by atoms with Gasteiger partial charge in [-0.2, -0.15) is 0 Å². The molecule has 4 nitrogen and oxygen atoms in total. The first-order valence-corrected chi connectivity index (χ1v) is 5.83. The average Bonchev–Trinajstić information content (AvgIpc) is 2.36. The van der Waals surface area contributed by atoms with Gasteiger partial charge in [0.25, 0.3) is 5.91 Å². The van der Waals surface area contributed by atoms with Crippen LogP contribution in [0, 0.1) is 5.21 Å². The van der Waals surface area contributed by atoms with E-state index >= 15 is 0 Å². The normalized spacial score (nSPS) is 28.8. The van der Waals surface area contributed by atoms with Gasteiger partial charge in [0.05, 0.1) is 5.54 Å². The van der Waals surface area contributed by atoms with E-state index in [0.717, 1.165) is 10.6 Å². The van der Waals surface area contributed by atoms with Crippen LogP contribution in [0.3, 0.4) is 0 Å². The predicted octanol–water partition coefficient (Wildman–Crippen LogP) is 1.51. The van der Waals surface area contributed by atoms with E-state index in [0.29, 0.717) is 0 Å². The average molecular weight is 251 g/mol. The van der Waals surface area contributed by atoms with Gasteiger partial charge in [0.15, 0.2) is 6.17 Å². The molecule has 1 aromatic rings. The van der Waals surface area contributed by atoms with Crippen molar-refractivity contribution in [3.63, 3.8) is 0 Å². The third-order valence-electron chi connectivity index (χ3n) is 3.57. The molecule has 0 spiro atoms. The van der Waals surface area contributed by atoms with Crippen molar-refractivity contribution < 1.29 is 9.18 Å². The number of nitrogens with zero attached hydrogens (tertiary/aromatic N) is 2. The number of likely N-dealkylation sites (N-methyl/N-ethyl adjacent to an activating group) is 2. The molecule has 5 heteroatoms. The lowest BCUT2D eigenvalue weighted by atomic mass is 9.81. The highest BCUT2D eigenvalue weighted by molar-refractivity contribution is 5.82. The molecule has 1 aliphatic heterocycles. The summed E-state index contributed by atoms with van der Waals surface area (Å²) in [6, 6.07) is 9.05. The van der Waals surface area contributed by atoms with Crippen LogP contribution in [0.25, 0.3) is 0 Å². The van der Waals surface area contributed by atoms with Crippen LogP contribution >= 0.6 is 0 Å². The zero-order valence-corrected chi connectivity index (χ0v) is 10.5. The van der Waals surface area contributed by atoms with Crippen molar-refractivity contribution in [2.45, 2.75) is 18.1 Å². The van der Waals surface area contributed by atoms with Crippen LogP contribution in [0.5, 0.6) is 0 Å². The van der Waals surface area contributed by atoms with E-state index in [-0.39, 0.29) is 13.0 Å². The number of hydroxylamine groups is 2. The van der Waals surface area contributed by atoms with Gasteiger partial charge in [-0.3, -0.25) is 4.79 Å². The Morgan fingerprint density at radius 2 is 2.06 bits per heavy atom. The Labute approximate surface area is 106 Å². The molecule has 1 saturated heterocycles. The van der Waals surface area contributed by atoms with E-state index in [1.165, 1.54) is 19.0 Å². The number of halogens is 1. The van der Waals surface area contributed by atoms with Gasteiger partial charge in [-0.25, -0.2) is 4.39 Å². The maximum absolute atomic E-state index is 13.8. The Bertz CT molecular complexity index is 422. The van der Waals surface area contributed by atoms with Crippen molar-refractivity contribution in [1.82, 2.24) is 9.96 Å². The van der Waals surface area contributed by atoms with Crippen LogP contribution in [-0.4, -0.2) is 42.7 Å². The quantitative estimate of drug-likeness (QED) is 0.748. The van der Waals surface area contributed by atoms with Crippen LogP contribution in [0.15, 0.2) is 30.3 Å². The number of hydrogen-bond donors (Lipinski definition) is 0. The van der Waals surface area contributed by atoms with Gasteiger partial charge in [0, 0.05) is 20.0 Å². The lowest BCUT2D eigenvalue weighted by Crippen LogP contribution is -2.58. The second-order valence-corrected chi connectivity index (χ2v) is 4.76. The number of benzene rings is 1. The SMILES string of the molecule is CN1CC(c2ccccc2)(N(C)[O-])CC(F)C1=O. The summed E-state index contributed by atoms with van der Waals surface area (Å²) in [4.78, 5) is 12.8. The van der Waals surface area contributed by atoms with Gasteiger partial charge >= 0.3 is 0 Å². The first kappa shape index (κ1) is 13.0. The third-order valence-corrected chi connectivity index (χ3v) is 3.57. The van der Waals surface area contributed by atoms with E-state index in [1.807, 2.05) is 18.2 Å². The molecule has 1 heterocycles. The number of alkyl halides is 1. The van der Waals surface area contributed by atoms with Crippen molar-refractivity contribution in [2.24, 2.45) is 0 Å². The molecule has 98 valence electrons. The molecule has 0 N–H and O–H groups in total. The molecule has 0 aromatic heterocycles. The van der Waals surface area contributed by atoms with Crippen molar-refractivity contribution in [2.75, 3.05) is 20.6 Å². The first-order chi connectivity index (χ1) is 8.47. The van der Waals surface area contributed by atoms with Crippen LogP contribution in [0.4, 0.5) is 4.39 Å². The smallest absolute Gasteiger partial charge is 0.257 e. The predicted molar refractivity (Wildman–Crippen MR) is 66.4 cm³/mol. The minimum absolute atomic E-state index is 0.0970. The van der Waals surface area contributed by atoms with Gasteiger partial charge < -0.3 is 15.2 Å². The van der Waals surface area contributed by atoms with E-state index < -0.39 is 17.6 Å². The van der Waals surface area contributed by atoms with Crippen molar-refractivity contribution in [1.29, 1.82) is 0 Å². The zero-order chi connectivity index (χ0) is 13.3. The molecule has 0 saturated carbocycles. The highest BCUT2D eigenvalue weighted by atomic mass is 19.1. The molecule has 1 fully saturated rings. The summed E-state index contributed by atoms with van der Waals surface area (Å²) in [6.07, 6.45) is -1.72. The fourth-order valence-corrected chi connectivity index (χ4v) is 2.53. The Balaban J connectivity index is 2.43. The maximum atomic E-state index is 13.8. The second kappa shape index (κ2) is 4.66.